The first kappa shape index (κ1) is 11.9. The van der Waals surface area contributed by atoms with E-state index in [-0.39, 0.29) is 0 Å². The number of hydrogen-bond acceptors (Lipinski definition) is 6. The first-order valence-electron chi connectivity index (χ1n) is 5.90. The number of nitrogens with zero attached hydrogens (tertiary/aromatic N) is 4. The Morgan fingerprint density at radius 3 is 3.05 bits per heavy atom. The Morgan fingerprint density at radius 1 is 1.42 bits per heavy atom. The van der Waals surface area contributed by atoms with Crippen LogP contribution in [0.25, 0.3) is 11.2 Å². The minimum atomic E-state index is 0.577. The summed E-state index contributed by atoms with van der Waals surface area (Å²) in [5, 5.41) is 5.04. The molecule has 0 unspecified atom stereocenters. The number of H-pyrrole nitrogens is 1. The smallest absolute Gasteiger partial charge is 0.226 e. The monoisotopic (exact) mass is 274 g/mol. The predicted molar refractivity (Wildman–Crippen MR) is 77.7 cm³/mol. The summed E-state index contributed by atoms with van der Waals surface area (Å²) >= 11 is 1.74. The quantitative estimate of drug-likeness (QED) is 0.762. The second-order valence-electron chi connectivity index (χ2n) is 4.16. The van der Waals surface area contributed by atoms with Crippen molar-refractivity contribution in [2.75, 3.05) is 24.3 Å². The van der Waals surface area contributed by atoms with Gasteiger partial charge in [0.25, 0.3) is 0 Å². The number of thiophene rings is 1. The van der Waals surface area contributed by atoms with E-state index in [1.807, 2.05) is 7.05 Å². The lowest BCUT2D eigenvalue weighted by atomic mass is 10.4. The number of anilines is 2. The minimum absolute atomic E-state index is 0.577. The molecule has 0 aliphatic carbocycles. The number of rotatable bonds is 4. The van der Waals surface area contributed by atoms with Gasteiger partial charge in [-0.15, -0.1) is 11.3 Å². The summed E-state index contributed by atoms with van der Waals surface area (Å²) < 4.78 is 0. The van der Waals surface area contributed by atoms with Crippen molar-refractivity contribution >= 4 is 34.3 Å². The van der Waals surface area contributed by atoms with Crippen molar-refractivity contribution in [3.05, 3.63) is 28.7 Å². The van der Waals surface area contributed by atoms with Gasteiger partial charge in [0, 0.05) is 19.0 Å². The Kier molecular flexibility index (Phi) is 3.04. The summed E-state index contributed by atoms with van der Waals surface area (Å²) in [4.78, 5) is 19.5. The van der Waals surface area contributed by atoms with Gasteiger partial charge in [0.1, 0.15) is 5.52 Å². The lowest BCUT2D eigenvalue weighted by Gasteiger charge is -2.18. The molecule has 0 aliphatic heterocycles. The summed E-state index contributed by atoms with van der Waals surface area (Å²) in [6, 6.07) is 4.17. The number of aromatic amines is 1. The summed E-state index contributed by atoms with van der Waals surface area (Å²) in [6.07, 6.45) is 1.64. The molecule has 0 fully saturated rings. The van der Waals surface area contributed by atoms with E-state index in [4.69, 9.17) is 0 Å². The van der Waals surface area contributed by atoms with E-state index in [2.05, 4.69) is 47.7 Å². The zero-order valence-electron chi connectivity index (χ0n) is 10.7. The highest BCUT2D eigenvalue weighted by Crippen LogP contribution is 2.23. The highest BCUT2D eigenvalue weighted by molar-refractivity contribution is 7.09. The number of nitrogens with one attached hydrogen (secondary N) is 2. The van der Waals surface area contributed by atoms with Gasteiger partial charge in [-0.05, 0) is 11.4 Å². The van der Waals surface area contributed by atoms with E-state index in [0.29, 0.717) is 11.6 Å². The predicted octanol–water partition coefficient (Wildman–Crippen LogP) is 2.09. The maximum absolute atomic E-state index is 4.51. The van der Waals surface area contributed by atoms with Crippen LogP contribution in [-0.2, 0) is 6.54 Å². The fraction of sp³-hybridized carbons (Fsp3) is 0.250. The van der Waals surface area contributed by atoms with Gasteiger partial charge >= 0.3 is 0 Å². The van der Waals surface area contributed by atoms with Crippen LogP contribution < -0.4 is 10.2 Å². The molecule has 7 heteroatoms. The highest BCUT2D eigenvalue weighted by Gasteiger charge is 2.13. The van der Waals surface area contributed by atoms with Crippen molar-refractivity contribution in [2.45, 2.75) is 6.54 Å². The van der Waals surface area contributed by atoms with E-state index in [0.717, 1.165) is 17.9 Å². The van der Waals surface area contributed by atoms with Gasteiger partial charge in [-0.1, -0.05) is 6.07 Å². The topological polar surface area (TPSA) is 69.7 Å². The molecule has 3 aromatic heterocycles. The Hall–Kier alpha value is -2.15. The van der Waals surface area contributed by atoms with Crippen molar-refractivity contribution < 1.29 is 0 Å². The van der Waals surface area contributed by atoms with E-state index < -0.39 is 0 Å². The van der Waals surface area contributed by atoms with Crippen LogP contribution in [0.1, 0.15) is 4.88 Å². The van der Waals surface area contributed by atoms with Crippen molar-refractivity contribution in [1.82, 2.24) is 19.9 Å². The summed E-state index contributed by atoms with van der Waals surface area (Å²) in [7, 11) is 3.82. The normalized spacial score (nSPS) is 10.8. The van der Waals surface area contributed by atoms with Gasteiger partial charge in [0.2, 0.25) is 5.95 Å². The average Bonchev–Trinajstić information content (AvgIpc) is 3.07. The van der Waals surface area contributed by atoms with E-state index in [1.54, 1.807) is 24.7 Å². The standard InChI is InChI=1S/C12H14N6S/c1-13-12-16-10-9(14-7-15-10)11(17-12)18(2)6-8-4-3-5-19-8/h3-5,7H,6H2,1-2H3,(H2,13,14,15,16,17). The minimum Gasteiger partial charge on any atom is -0.357 e. The molecule has 98 valence electrons. The third-order valence-electron chi connectivity index (χ3n) is 2.82. The van der Waals surface area contributed by atoms with Crippen LogP contribution in [0, 0.1) is 0 Å². The first-order chi connectivity index (χ1) is 9.28. The van der Waals surface area contributed by atoms with Crippen LogP contribution in [0.5, 0.6) is 0 Å². The van der Waals surface area contributed by atoms with E-state index in [9.17, 15) is 0 Å². The van der Waals surface area contributed by atoms with Crippen LogP contribution >= 0.6 is 11.3 Å². The molecule has 3 heterocycles. The summed E-state index contributed by atoms with van der Waals surface area (Å²) in [5.41, 5.74) is 1.53. The zero-order valence-corrected chi connectivity index (χ0v) is 11.5. The number of imidazole rings is 1. The Balaban J connectivity index is 2.00. The van der Waals surface area contributed by atoms with Crippen molar-refractivity contribution in [1.29, 1.82) is 0 Å². The largest absolute Gasteiger partial charge is 0.357 e. The third kappa shape index (κ3) is 2.24. The second-order valence-corrected chi connectivity index (χ2v) is 5.19. The van der Waals surface area contributed by atoms with Crippen molar-refractivity contribution in [3.63, 3.8) is 0 Å². The molecule has 0 bridgehead atoms. The summed E-state index contributed by atoms with van der Waals surface area (Å²) in [6.45, 7) is 0.811. The first-order valence-corrected chi connectivity index (χ1v) is 6.78. The maximum Gasteiger partial charge on any atom is 0.226 e. The van der Waals surface area contributed by atoms with Crippen molar-refractivity contribution in [3.8, 4) is 0 Å². The molecule has 0 atom stereocenters. The molecule has 0 spiro atoms. The van der Waals surface area contributed by atoms with Gasteiger partial charge < -0.3 is 15.2 Å². The fourth-order valence-corrected chi connectivity index (χ4v) is 2.67. The van der Waals surface area contributed by atoms with E-state index in [1.165, 1.54) is 4.88 Å². The molecule has 19 heavy (non-hydrogen) atoms. The zero-order chi connectivity index (χ0) is 13.2. The molecular formula is C12H14N6S. The molecule has 6 nitrogen and oxygen atoms in total. The number of fused-ring (bicyclic) bond motifs is 1. The number of aromatic nitrogens is 4. The molecule has 0 aromatic carbocycles. The highest BCUT2D eigenvalue weighted by atomic mass is 32.1. The van der Waals surface area contributed by atoms with Gasteiger partial charge in [-0.25, -0.2) is 4.98 Å². The molecule has 0 saturated heterocycles. The van der Waals surface area contributed by atoms with Crippen LogP contribution in [0.15, 0.2) is 23.8 Å². The van der Waals surface area contributed by atoms with Crippen LogP contribution in [0.2, 0.25) is 0 Å². The number of hydrogen-bond donors (Lipinski definition) is 2. The molecule has 3 rings (SSSR count). The maximum atomic E-state index is 4.51. The van der Waals surface area contributed by atoms with Gasteiger partial charge in [0.05, 0.1) is 12.9 Å². The van der Waals surface area contributed by atoms with Crippen LogP contribution in [-0.4, -0.2) is 34.0 Å². The molecular weight excluding hydrogens is 260 g/mol. The lowest BCUT2D eigenvalue weighted by Crippen LogP contribution is -2.18. The van der Waals surface area contributed by atoms with Crippen molar-refractivity contribution in [2.24, 2.45) is 0 Å². The molecule has 0 amide bonds. The molecule has 3 aromatic rings. The van der Waals surface area contributed by atoms with E-state index >= 15 is 0 Å². The Labute approximate surface area is 114 Å². The van der Waals surface area contributed by atoms with Crippen LogP contribution in [0.3, 0.4) is 0 Å². The Morgan fingerprint density at radius 2 is 2.32 bits per heavy atom. The van der Waals surface area contributed by atoms with Gasteiger partial charge in [-0.3, -0.25) is 0 Å². The fourth-order valence-electron chi connectivity index (χ4n) is 1.92. The Bertz CT molecular complexity index is 675. The molecule has 0 saturated carbocycles. The summed E-state index contributed by atoms with van der Waals surface area (Å²) in [5.74, 6) is 1.42. The molecule has 0 radical (unpaired) electrons. The molecule has 2 N–H and O–H groups in total. The lowest BCUT2D eigenvalue weighted by molar-refractivity contribution is 0.913. The third-order valence-corrected chi connectivity index (χ3v) is 3.69. The average molecular weight is 274 g/mol. The molecule has 0 aliphatic rings. The second kappa shape index (κ2) is 4.85. The SMILES string of the molecule is CNc1nc(N(C)Cc2cccs2)c2[nH]cnc2n1. The van der Waals surface area contributed by atoms with Gasteiger partial charge in [-0.2, -0.15) is 9.97 Å². The van der Waals surface area contributed by atoms with Gasteiger partial charge in [0.15, 0.2) is 11.5 Å². The van der Waals surface area contributed by atoms with Crippen LogP contribution in [0.4, 0.5) is 11.8 Å².